The van der Waals surface area contributed by atoms with Crippen molar-refractivity contribution in [1.82, 2.24) is 4.98 Å². The van der Waals surface area contributed by atoms with Gasteiger partial charge in [0, 0.05) is 5.92 Å². The van der Waals surface area contributed by atoms with Gasteiger partial charge in [-0.05, 0) is 12.8 Å². The van der Waals surface area contributed by atoms with Crippen LogP contribution in [0, 0.1) is 11.3 Å². The molecule has 1 fully saturated rings. The average molecular weight is 134 g/mol. The van der Waals surface area contributed by atoms with E-state index in [-0.39, 0.29) is 0 Å². The summed E-state index contributed by atoms with van der Waals surface area (Å²) in [6.45, 7) is 0. The van der Waals surface area contributed by atoms with Crippen LogP contribution in [0.25, 0.3) is 0 Å². The van der Waals surface area contributed by atoms with Gasteiger partial charge in [0.15, 0.2) is 11.6 Å². The zero-order valence-corrected chi connectivity index (χ0v) is 5.37. The van der Waals surface area contributed by atoms with Gasteiger partial charge in [-0.3, -0.25) is 0 Å². The summed E-state index contributed by atoms with van der Waals surface area (Å²) in [5, 5.41) is 8.38. The molecule has 0 amide bonds. The minimum Gasteiger partial charge on any atom is -0.447 e. The molecule has 1 heterocycles. The highest BCUT2D eigenvalue weighted by atomic mass is 16.3. The maximum atomic E-state index is 8.38. The molecule has 0 N–H and O–H groups in total. The fourth-order valence-electron chi connectivity index (χ4n) is 0.857. The van der Waals surface area contributed by atoms with Gasteiger partial charge in [-0.25, -0.2) is 4.98 Å². The minimum atomic E-state index is 0.391. The Balaban J connectivity index is 2.29. The monoisotopic (exact) mass is 134 g/mol. The predicted octanol–water partition coefficient (Wildman–Crippen LogP) is 1.42. The Morgan fingerprint density at radius 1 is 1.70 bits per heavy atom. The summed E-state index contributed by atoms with van der Waals surface area (Å²) in [5.74, 6) is 1.23. The van der Waals surface area contributed by atoms with Crippen LogP contribution in [-0.2, 0) is 0 Å². The summed E-state index contributed by atoms with van der Waals surface area (Å²) in [4.78, 5) is 3.96. The maximum absolute atomic E-state index is 8.38. The highest BCUT2D eigenvalue weighted by molar-refractivity contribution is 5.17. The lowest BCUT2D eigenvalue weighted by atomic mass is 10.4. The number of hydrogen-bond acceptors (Lipinski definition) is 3. The molecule has 1 saturated carbocycles. The molecule has 3 nitrogen and oxygen atoms in total. The van der Waals surface area contributed by atoms with Crippen LogP contribution in [0.1, 0.15) is 30.3 Å². The molecule has 1 aliphatic carbocycles. The summed E-state index contributed by atoms with van der Waals surface area (Å²) in [6.07, 6.45) is 3.73. The summed E-state index contributed by atoms with van der Waals surface area (Å²) >= 11 is 0. The second kappa shape index (κ2) is 1.84. The first-order valence-electron chi connectivity index (χ1n) is 3.25. The van der Waals surface area contributed by atoms with Crippen LogP contribution in [0.3, 0.4) is 0 Å². The number of oxazole rings is 1. The van der Waals surface area contributed by atoms with Crippen molar-refractivity contribution >= 4 is 0 Å². The fraction of sp³-hybridized carbons (Fsp3) is 0.429. The number of hydrogen-bond donors (Lipinski definition) is 0. The highest BCUT2D eigenvalue weighted by Gasteiger charge is 2.28. The molecule has 0 spiro atoms. The van der Waals surface area contributed by atoms with Crippen molar-refractivity contribution in [3.8, 4) is 6.07 Å². The van der Waals surface area contributed by atoms with E-state index in [4.69, 9.17) is 9.68 Å². The van der Waals surface area contributed by atoms with Crippen LogP contribution in [-0.4, -0.2) is 4.98 Å². The summed E-state index contributed by atoms with van der Waals surface area (Å²) < 4.78 is 5.05. The summed E-state index contributed by atoms with van der Waals surface area (Å²) in [5.41, 5.74) is 0.391. The first kappa shape index (κ1) is 5.48. The van der Waals surface area contributed by atoms with E-state index in [1.54, 1.807) is 0 Å². The van der Waals surface area contributed by atoms with E-state index < -0.39 is 0 Å². The maximum Gasteiger partial charge on any atom is 0.198 e. The number of aromatic nitrogens is 1. The van der Waals surface area contributed by atoms with Crippen LogP contribution in [0.2, 0.25) is 0 Å². The molecular weight excluding hydrogens is 128 g/mol. The third-order valence-electron chi connectivity index (χ3n) is 1.56. The fourth-order valence-corrected chi connectivity index (χ4v) is 0.857. The lowest BCUT2D eigenvalue weighted by molar-refractivity contribution is 0.497. The molecule has 0 saturated heterocycles. The Bertz CT molecular complexity index is 280. The Labute approximate surface area is 58.3 Å². The normalized spacial score (nSPS) is 16.7. The number of nitrogens with zero attached hydrogens (tertiary/aromatic N) is 2. The van der Waals surface area contributed by atoms with E-state index in [1.807, 2.05) is 6.07 Å². The second-order valence-corrected chi connectivity index (χ2v) is 2.46. The van der Waals surface area contributed by atoms with E-state index in [9.17, 15) is 0 Å². The Morgan fingerprint density at radius 2 is 2.50 bits per heavy atom. The van der Waals surface area contributed by atoms with Gasteiger partial charge >= 0.3 is 0 Å². The zero-order chi connectivity index (χ0) is 6.97. The molecule has 0 bridgehead atoms. The van der Waals surface area contributed by atoms with Crippen LogP contribution in [0.5, 0.6) is 0 Å². The quantitative estimate of drug-likeness (QED) is 0.583. The predicted molar refractivity (Wildman–Crippen MR) is 33.2 cm³/mol. The zero-order valence-electron chi connectivity index (χ0n) is 5.37. The highest BCUT2D eigenvalue weighted by Crippen LogP contribution is 2.39. The molecule has 2 rings (SSSR count). The van der Waals surface area contributed by atoms with Crippen molar-refractivity contribution in [3.05, 3.63) is 17.8 Å². The SMILES string of the molecule is N#Cc1coc(C2CC2)n1. The minimum absolute atomic E-state index is 0.391. The molecule has 3 heteroatoms. The molecule has 0 radical (unpaired) electrons. The Kier molecular flexibility index (Phi) is 1.01. The molecule has 0 aromatic carbocycles. The van der Waals surface area contributed by atoms with Gasteiger partial charge in [-0.2, -0.15) is 5.26 Å². The van der Waals surface area contributed by atoms with Crippen LogP contribution in [0.4, 0.5) is 0 Å². The van der Waals surface area contributed by atoms with E-state index in [0.29, 0.717) is 11.6 Å². The standard InChI is InChI=1S/C7H6N2O/c8-3-6-4-10-7(9-6)5-1-2-5/h4-5H,1-2H2. The lowest BCUT2D eigenvalue weighted by Crippen LogP contribution is -1.77. The van der Waals surface area contributed by atoms with Gasteiger partial charge in [-0.1, -0.05) is 0 Å². The van der Waals surface area contributed by atoms with E-state index in [2.05, 4.69) is 4.98 Å². The molecule has 1 aromatic rings. The van der Waals surface area contributed by atoms with Crippen molar-refractivity contribution in [1.29, 1.82) is 5.26 Å². The largest absolute Gasteiger partial charge is 0.447 e. The Hall–Kier alpha value is -1.30. The molecule has 1 aromatic heterocycles. The second-order valence-electron chi connectivity index (χ2n) is 2.46. The van der Waals surface area contributed by atoms with Crippen LogP contribution >= 0.6 is 0 Å². The Morgan fingerprint density at radius 3 is 3.00 bits per heavy atom. The smallest absolute Gasteiger partial charge is 0.198 e. The molecular formula is C7H6N2O. The number of rotatable bonds is 1. The first-order valence-corrected chi connectivity index (χ1v) is 3.25. The third kappa shape index (κ3) is 0.781. The van der Waals surface area contributed by atoms with Gasteiger partial charge < -0.3 is 4.42 Å². The molecule has 0 aliphatic heterocycles. The molecule has 50 valence electrons. The summed E-state index contributed by atoms with van der Waals surface area (Å²) in [7, 11) is 0. The summed E-state index contributed by atoms with van der Waals surface area (Å²) in [6, 6.07) is 1.93. The van der Waals surface area contributed by atoms with Gasteiger partial charge in [0.25, 0.3) is 0 Å². The van der Waals surface area contributed by atoms with E-state index in [1.165, 1.54) is 6.26 Å². The first-order chi connectivity index (χ1) is 4.90. The molecule has 0 unspecified atom stereocenters. The van der Waals surface area contributed by atoms with E-state index in [0.717, 1.165) is 18.7 Å². The lowest BCUT2D eigenvalue weighted by Gasteiger charge is -1.80. The average Bonchev–Trinajstić information content (AvgIpc) is 2.70. The molecule has 1 aliphatic rings. The van der Waals surface area contributed by atoms with Gasteiger partial charge in [-0.15, -0.1) is 0 Å². The van der Waals surface area contributed by atoms with Gasteiger partial charge in [0.05, 0.1) is 0 Å². The van der Waals surface area contributed by atoms with Crippen molar-refractivity contribution < 1.29 is 4.42 Å². The number of nitriles is 1. The van der Waals surface area contributed by atoms with Gasteiger partial charge in [0.1, 0.15) is 12.3 Å². The van der Waals surface area contributed by atoms with Crippen LogP contribution < -0.4 is 0 Å². The van der Waals surface area contributed by atoms with Crippen molar-refractivity contribution in [3.63, 3.8) is 0 Å². The van der Waals surface area contributed by atoms with E-state index >= 15 is 0 Å². The third-order valence-corrected chi connectivity index (χ3v) is 1.56. The van der Waals surface area contributed by atoms with Crippen LogP contribution in [0.15, 0.2) is 10.7 Å². The van der Waals surface area contributed by atoms with Crippen molar-refractivity contribution in [2.75, 3.05) is 0 Å². The topological polar surface area (TPSA) is 49.8 Å². The van der Waals surface area contributed by atoms with Gasteiger partial charge in [0.2, 0.25) is 0 Å². The molecule has 0 atom stereocenters. The molecule has 10 heavy (non-hydrogen) atoms. The van der Waals surface area contributed by atoms with Crippen molar-refractivity contribution in [2.45, 2.75) is 18.8 Å². The van der Waals surface area contributed by atoms with Crippen molar-refractivity contribution in [2.24, 2.45) is 0 Å².